The summed E-state index contributed by atoms with van der Waals surface area (Å²) in [7, 11) is 0. The zero-order valence-corrected chi connectivity index (χ0v) is 16.3. The minimum absolute atomic E-state index is 0. The van der Waals surface area contributed by atoms with E-state index in [-0.39, 0.29) is 18.3 Å². The molecule has 0 saturated carbocycles. The number of likely N-dealkylation sites (tertiary alicyclic amines) is 1. The minimum Gasteiger partial charge on any atom is -0.342 e. The third-order valence-corrected chi connectivity index (χ3v) is 5.61. The van der Waals surface area contributed by atoms with Crippen molar-refractivity contribution in [3.8, 4) is 0 Å². The minimum atomic E-state index is 0. The van der Waals surface area contributed by atoms with Crippen molar-refractivity contribution in [2.75, 3.05) is 31.9 Å². The van der Waals surface area contributed by atoms with Gasteiger partial charge in [0, 0.05) is 23.0 Å². The van der Waals surface area contributed by atoms with E-state index in [0.717, 1.165) is 43.9 Å². The molecule has 2 rings (SSSR count). The third kappa shape index (κ3) is 6.71. The lowest BCUT2D eigenvalue weighted by Crippen LogP contribution is -2.41. The molecule has 0 atom stereocenters. The van der Waals surface area contributed by atoms with Crippen molar-refractivity contribution < 1.29 is 4.79 Å². The molecule has 3 nitrogen and oxygen atoms in total. The number of carbonyl (C=O) groups is 1. The molecule has 1 heterocycles. The van der Waals surface area contributed by atoms with Gasteiger partial charge in [0.05, 0.1) is 10.8 Å². The Morgan fingerprint density at radius 3 is 2.70 bits per heavy atom. The molecule has 1 aromatic rings. The fourth-order valence-corrected chi connectivity index (χ4v) is 3.95. The van der Waals surface area contributed by atoms with E-state index in [4.69, 9.17) is 23.2 Å². The predicted octanol–water partition coefficient (Wildman–Crippen LogP) is 4.36. The van der Waals surface area contributed by atoms with E-state index in [1.165, 1.54) is 11.8 Å². The quantitative estimate of drug-likeness (QED) is 0.724. The van der Waals surface area contributed by atoms with Crippen molar-refractivity contribution >= 4 is 53.3 Å². The molecule has 0 aliphatic carbocycles. The first kappa shape index (κ1) is 20.9. The number of halogens is 3. The highest BCUT2D eigenvalue weighted by Gasteiger charge is 2.22. The summed E-state index contributed by atoms with van der Waals surface area (Å²) in [5.74, 6) is 1.29. The summed E-state index contributed by atoms with van der Waals surface area (Å²) in [5.41, 5.74) is 0. The van der Waals surface area contributed by atoms with Crippen molar-refractivity contribution in [1.82, 2.24) is 10.2 Å². The third-order valence-electron chi connectivity index (χ3n) is 3.89. The predicted molar refractivity (Wildman–Crippen MR) is 102 cm³/mol. The van der Waals surface area contributed by atoms with Gasteiger partial charge in [-0.1, -0.05) is 30.1 Å². The molecule has 1 saturated heterocycles. The Balaban J connectivity index is 0.00000264. The zero-order valence-electron chi connectivity index (χ0n) is 13.2. The molecule has 130 valence electrons. The van der Waals surface area contributed by atoms with Gasteiger partial charge in [0.25, 0.3) is 0 Å². The van der Waals surface area contributed by atoms with Gasteiger partial charge in [-0.15, -0.1) is 24.2 Å². The zero-order chi connectivity index (χ0) is 15.9. The van der Waals surface area contributed by atoms with E-state index in [0.29, 0.717) is 21.7 Å². The molecule has 1 aliphatic heterocycles. The number of benzene rings is 1. The molecule has 7 heteroatoms. The Morgan fingerprint density at radius 1 is 1.35 bits per heavy atom. The molecule has 0 spiro atoms. The summed E-state index contributed by atoms with van der Waals surface area (Å²) in [6.45, 7) is 5.91. The highest BCUT2D eigenvalue weighted by molar-refractivity contribution is 8.00. The van der Waals surface area contributed by atoms with Crippen LogP contribution in [-0.2, 0) is 4.79 Å². The summed E-state index contributed by atoms with van der Waals surface area (Å²) >= 11 is 13.5. The summed E-state index contributed by atoms with van der Waals surface area (Å²) in [6, 6.07) is 5.33. The number of hydrogen-bond acceptors (Lipinski definition) is 3. The van der Waals surface area contributed by atoms with Gasteiger partial charge in [0.1, 0.15) is 0 Å². The van der Waals surface area contributed by atoms with Crippen molar-refractivity contribution in [3.63, 3.8) is 0 Å². The fourth-order valence-electron chi connectivity index (χ4n) is 2.55. The van der Waals surface area contributed by atoms with Crippen LogP contribution in [0.15, 0.2) is 23.1 Å². The number of nitrogens with one attached hydrogen (secondary N) is 1. The van der Waals surface area contributed by atoms with Gasteiger partial charge in [-0.25, -0.2) is 0 Å². The molecule has 1 N–H and O–H groups in total. The second-order valence-corrected chi connectivity index (χ2v) is 7.36. The molecular formula is C16H23Cl3N2OS. The average Bonchev–Trinajstić information content (AvgIpc) is 2.54. The highest BCUT2D eigenvalue weighted by atomic mass is 35.5. The Morgan fingerprint density at radius 2 is 2.04 bits per heavy atom. The Hall–Kier alpha value is -0.130. The first-order valence-corrected chi connectivity index (χ1v) is 9.40. The second kappa shape index (κ2) is 10.7. The van der Waals surface area contributed by atoms with Gasteiger partial charge in [-0.05, 0) is 50.0 Å². The number of carbonyl (C=O) groups excluding carboxylic acids is 1. The van der Waals surface area contributed by atoms with Crippen LogP contribution in [0.4, 0.5) is 0 Å². The van der Waals surface area contributed by atoms with Gasteiger partial charge < -0.3 is 10.2 Å². The first-order chi connectivity index (χ1) is 10.6. The van der Waals surface area contributed by atoms with E-state index >= 15 is 0 Å². The van der Waals surface area contributed by atoms with Gasteiger partial charge in [-0.3, -0.25) is 4.79 Å². The Labute approximate surface area is 158 Å². The maximum atomic E-state index is 12.3. The molecule has 1 fully saturated rings. The summed E-state index contributed by atoms with van der Waals surface area (Å²) in [6.07, 6.45) is 2.17. The first-order valence-electron chi connectivity index (χ1n) is 7.66. The van der Waals surface area contributed by atoms with Crippen LogP contribution in [0, 0.1) is 5.92 Å². The number of thioether (sulfide) groups is 1. The topological polar surface area (TPSA) is 32.3 Å². The van der Waals surface area contributed by atoms with Crippen LogP contribution in [0.25, 0.3) is 0 Å². The van der Waals surface area contributed by atoms with Gasteiger partial charge in [0.15, 0.2) is 0 Å². The van der Waals surface area contributed by atoms with Gasteiger partial charge in [0.2, 0.25) is 5.91 Å². The van der Waals surface area contributed by atoms with Crippen LogP contribution in [0.2, 0.25) is 10.0 Å². The molecular weight excluding hydrogens is 375 g/mol. The van der Waals surface area contributed by atoms with Crippen LogP contribution in [0.1, 0.15) is 19.8 Å². The SMILES string of the molecule is CCNCC1CCN(C(=O)CSc2cc(Cl)ccc2Cl)CC1.Cl. The van der Waals surface area contributed by atoms with Crippen LogP contribution in [-0.4, -0.2) is 42.7 Å². The monoisotopic (exact) mass is 396 g/mol. The largest absolute Gasteiger partial charge is 0.342 e. The normalized spacial score (nSPS) is 15.3. The molecule has 0 aromatic heterocycles. The highest BCUT2D eigenvalue weighted by Crippen LogP contribution is 2.30. The Kier molecular flexibility index (Phi) is 9.71. The Bertz CT molecular complexity index is 508. The van der Waals surface area contributed by atoms with E-state index in [2.05, 4.69) is 12.2 Å². The summed E-state index contributed by atoms with van der Waals surface area (Å²) in [5, 5.41) is 4.67. The van der Waals surface area contributed by atoms with Crippen molar-refractivity contribution in [1.29, 1.82) is 0 Å². The smallest absolute Gasteiger partial charge is 0.232 e. The maximum absolute atomic E-state index is 12.3. The lowest BCUT2D eigenvalue weighted by atomic mass is 9.97. The number of piperidine rings is 1. The van der Waals surface area contributed by atoms with Crippen molar-refractivity contribution in [2.45, 2.75) is 24.7 Å². The molecule has 1 aromatic carbocycles. The van der Waals surface area contributed by atoms with Crippen molar-refractivity contribution in [3.05, 3.63) is 28.2 Å². The number of nitrogens with zero attached hydrogens (tertiary/aromatic N) is 1. The summed E-state index contributed by atoms with van der Waals surface area (Å²) in [4.78, 5) is 15.1. The molecule has 1 amide bonds. The van der Waals surface area contributed by atoms with E-state index in [1.807, 2.05) is 11.0 Å². The molecule has 0 unspecified atom stereocenters. The second-order valence-electron chi connectivity index (χ2n) is 5.50. The number of amides is 1. The van der Waals surface area contributed by atoms with E-state index in [1.54, 1.807) is 12.1 Å². The average molecular weight is 398 g/mol. The van der Waals surface area contributed by atoms with E-state index < -0.39 is 0 Å². The number of rotatable bonds is 6. The standard InChI is InChI=1S/C16H22Cl2N2OS.ClH/c1-2-19-10-12-5-7-20(8-6-12)16(21)11-22-15-9-13(17)3-4-14(15)18;/h3-4,9,12,19H,2,5-8,10-11H2,1H3;1H. The summed E-state index contributed by atoms with van der Waals surface area (Å²) < 4.78 is 0. The maximum Gasteiger partial charge on any atom is 0.232 e. The molecule has 0 radical (unpaired) electrons. The van der Waals surface area contributed by atoms with Crippen LogP contribution < -0.4 is 5.32 Å². The fraction of sp³-hybridized carbons (Fsp3) is 0.562. The van der Waals surface area contributed by atoms with Gasteiger partial charge >= 0.3 is 0 Å². The van der Waals surface area contributed by atoms with Crippen LogP contribution >= 0.6 is 47.4 Å². The number of hydrogen-bond donors (Lipinski definition) is 1. The van der Waals surface area contributed by atoms with Crippen molar-refractivity contribution in [2.24, 2.45) is 5.92 Å². The van der Waals surface area contributed by atoms with Crippen LogP contribution in [0.3, 0.4) is 0 Å². The molecule has 0 bridgehead atoms. The lowest BCUT2D eigenvalue weighted by Gasteiger charge is -2.32. The molecule has 1 aliphatic rings. The lowest BCUT2D eigenvalue weighted by molar-refractivity contribution is -0.129. The van der Waals surface area contributed by atoms with E-state index in [9.17, 15) is 4.79 Å². The molecule has 23 heavy (non-hydrogen) atoms. The van der Waals surface area contributed by atoms with Crippen LogP contribution in [0.5, 0.6) is 0 Å². The van der Waals surface area contributed by atoms with Gasteiger partial charge in [-0.2, -0.15) is 0 Å².